The molecule has 0 aliphatic rings. The Kier molecular flexibility index (Phi) is 4.97. The maximum absolute atomic E-state index is 13.5. The van der Waals surface area contributed by atoms with Gasteiger partial charge in [-0.2, -0.15) is 17.4 Å². The van der Waals surface area contributed by atoms with Crippen molar-refractivity contribution in [3.63, 3.8) is 0 Å². The third-order valence-electron chi connectivity index (χ3n) is 2.58. The second-order valence-corrected chi connectivity index (χ2v) is 6.19. The zero-order valence-corrected chi connectivity index (χ0v) is 11.6. The van der Waals surface area contributed by atoms with Gasteiger partial charge in [-0.1, -0.05) is 6.07 Å². The van der Waals surface area contributed by atoms with Crippen LogP contribution in [-0.2, 0) is 10.2 Å². The normalized spacial score (nSPS) is 15.5. The van der Waals surface area contributed by atoms with E-state index in [4.69, 9.17) is 0 Å². The van der Waals surface area contributed by atoms with Crippen molar-refractivity contribution in [2.24, 2.45) is 0 Å². The predicted molar refractivity (Wildman–Crippen MR) is 66.5 cm³/mol. The van der Waals surface area contributed by atoms with Crippen molar-refractivity contribution in [1.82, 2.24) is 9.03 Å². The second kappa shape index (κ2) is 5.91. The van der Waals surface area contributed by atoms with Crippen LogP contribution in [0.2, 0.25) is 0 Å². The van der Waals surface area contributed by atoms with E-state index in [0.717, 1.165) is 22.5 Å². The molecule has 0 bridgehead atoms. The van der Waals surface area contributed by atoms with Crippen molar-refractivity contribution in [2.45, 2.75) is 19.1 Å². The number of aliphatic hydroxyl groups is 1. The highest BCUT2D eigenvalue weighted by atomic mass is 32.2. The number of aliphatic hydroxyl groups excluding tert-OH is 1. The summed E-state index contributed by atoms with van der Waals surface area (Å²) in [5.74, 6) is -1.85. The Morgan fingerprint density at radius 3 is 2.16 bits per heavy atom. The minimum atomic E-state index is -3.80. The standard InChI is InChI=1S/C11H16F2N2O3S/c1-7(14-19(17,18)15(2)3)11(16)10-8(12)5-4-6-9(10)13/h4-7,11,14,16H,1-3H3/t7-,11-/m1/s1. The van der Waals surface area contributed by atoms with E-state index in [-0.39, 0.29) is 0 Å². The number of nitrogens with one attached hydrogen (secondary N) is 1. The van der Waals surface area contributed by atoms with E-state index in [1.54, 1.807) is 0 Å². The molecule has 108 valence electrons. The molecule has 1 aromatic carbocycles. The third-order valence-corrected chi connectivity index (χ3v) is 4.22. The molecule has 2 atom stereocenters. The van der Waals surface area contributed by atoms with Gasteiger partial charge in [0.2, 0.25) is 0 Å². The van der Waals surface area contributed by atoms with Gasteiger partial charge >= 0.3 is 0 Å². The van der Waals surface area contributed by atoms with Gasteiger partial charge in [-0.05, 0) is 19.1 Å². The van der Waals surface area contributed by atoms with Crippen LogP contribution in [-0.4, -0.2) is 38.0 Å². The van der Waals surface area contributed by atoms with Crippen LogP contribution in [0.15, 0.2) is 18.2 Å². The lowest BCUT2D eigenvalue weighted by Crippen LogP contribution is -2.43. The third kappa shape index (κ3) is 3.69. The topological polar surface area (TPSA) is 69.6 Å². The highest BCUT2D eigenvalue weighted by Gasteiger charge is 2.27. The second-order valence-electron chi connectivity index (χ2n) is 4.27. The van der Waals surface area contributed by atoms with Crippen molar-refractivity contribution in [2.75, 3.05) is 14.1 Å². The van der Waals surface area contributed by atoms with Crippen molar-refractivity contribution in [3.05, 3.63) is 35.4 Å². The van der Waals surface area contributed by atoms with Crippen LogP contribution in [0.25, 0.3) is 0 Å². The first kappa shape index (κ1) is 16.0. The first-order chi connectivity index (χ1) is 8.66. The van der Waals surface area contributed by atoms with Gasteiger partial charge in [0.05, 0.1) is 11.6 Å². The molecule has 2 N–H and O–H groups in total. The molecular weight excluding hydrogens is 278 g/mol. The van der Waals surface area contributed by atoms with Crippen molar-refractivity contribution >= 4 is 10.2 Å². The molecule has 0 aromatic heterocycles. The van der Waals surface area contributed by atoms with E-state index in [9.17, 15) is 22.3 Å². The van der Waals surface area contributed by atoms with Crippen molar-refractivity contribution in [3.8, 4) is 0 Å². The van der Waals surface area contributed by atoms with E-state index in [2.05, 4.69) is 4.72 Å². The Bertz CT molecular complexity index is 529. The molecule has 1 rings (SSSR count). The summed E-state index contributed by atoms with van der Waals surface area (Å²) in [5, 5.41) is 9.87. The number of halogens is 2. The minimum absolute atomic E-state index is 0.559. The summed E-state index contributed by atoms with van der Waals surface area (Å²) in [7, 11) is -1.20. The number of rotatable bonds is 5. The minimum Gasteiger partial charge on any atom is -0.387 e. The van der Waals surface area contributed by atoms with Crippen LogP contribution in [0, 0.1) is 11.6 Å². The van der Waals surface area contributed by atoms with Gasteiger partial charge in [-0.3, -0.25) is 0 Å². The summed E-state index contributed by atoms with van der Waals surface area (Å²) in [6.07, 6.45) is -1.63. The maximum atomic E-state index is 13.5. The molecule has 0 saturated carbocycles. The van der Waals surface area contributed by atoms with Crippen molar-refractivity contribution in [1.29, 1.82) is 0 Å². The zero-order valence-electron chi connectivity index (χ0n) is 10.8. The number of hydrogen-bond acceptors (Lipinski definition) is 3. The van der Waals surface area contributed by atoms with Crippen LogP contribution in [0.3, 0.4) is 0 Å². The lowest BCUT2D eigenvalue weighted by molar-refractivity contribution is 0.136. The van der Waals surface area contributed by atoms with E-state index in [1.807, 2.05) is 0 Å². The van der Waals surface area contributed by atoms with E-state index >= 15 is 0 Å². The fourth-order valence-electron chi connectivity index (χ4n) is 1.45. The van der Waals surface area contributed by atoms with Gasteiger partial charge < -0.3 is 5.11 Å². The quantitative estimate of drug-likeness (QED) is 0.843. The van der Waals surface area contributed by atoms with Crippen LogP contribution in [0.5, 0.6) is 0 Å². The molecule has 0 spiro atoms. The molecule has 0 aliphatic heterocycles. The Morgan fingerprint density at radius 2 is 1.74 bits per heavy atom. The largest absolute Gasteiger partial charge is 0.387 e. The van der Waals surface area contributed by atoms with Gasteiger partial charge in [0.1, 0.15) is 17.7 Å². The molecule has 8 heteroatoms. The summed E-state index contributed by atoms with van der Waals surface area (Å²) >= 11 is 0. The lowest BCUT2D eigenvalue weighted by Gasteiger charge is -2.23. The smallest absolute Gasteiger partial charge is 0.279 e. The summed E-state index contributed by atoms with van der Waals surface area (Å²) in [6.45, 7) is 1.32. The van der Waals surface area contributed by atoms with Gasteiger partial charge in [0, 0.05) is 14.1 Å². The first-order valence-electron chi connectivity index (χ1n) is 5.48. The lowest BCUT2D eigenvalue weighted by atomic mass is 10.0. The highest BCUT2D eigenvalue weighted by molar-refractivity contribution is 7.87. The molecule has 5 nitrogen and oxygen atoms in total. The summed E-state index contributed by atoms with van der Waals surface area (Å²) < 4.78 is 53.1. The predicted octanol–water partition coefficient (Wildman–Crippen LogP) is 0.783. The van der Waals surface area contributed by atoms with Crippen molar-refractivity contribution < 1.29 is 22.3 Å². The molecule has 19 heavy (non-hydrogen) atoms. The van der Waals surface area contributed by atoms with E-state index < -0.39 is 39.6 Å². The highest BCUT2D eigenvalue weighted by Crippen LogP contribution is 2.23. The molecular formula is C11H16F2N2O3S. The van der Waals surface area contributed by atoms with Gasteiger partial charge in [-0.25, -0.2) is 8.78 Å². The maximum Gasteiger partial charge on any atom is 0.279 e. The van der Waals surface area contributed by atoms with Crippen LogP contribution < -0.4 is 4.72 Å². The fraction of sp³-hybridized carbons (Fsp3) is 0.455. The SMILES string of the molecule is C[C@@H](NS(=O)(=O)N(C)C)[C@@H](O)c1c(F)cccc1F. The summed E-state index contributed by atoms with van der Waals surface area (Å²) in [4.78, 5) is 0. The Hall–Kier alpha value is -1.09. The molecule has 0 aliphatic carbocycles. The van der Waals surface area contributed by atoms with Crippen LogP contribution in [0.1, 0.15) is 18.6 Å². The molecule has 0 amide bonds. The van der Waals surface area contributed by atoms with Gasteiger partial charge in [0.15, 0.2) is 0 Å². The van der Waals surface area contributed by atoms with Gasteiger partial charge in [-0.15, -0.1) is 0 Å². The van der Waals surface area contributed by atoms with Crippen LogP contribution in [0.4, 0.5) is 8.78 Å². The average Bonchev–Trinajstić information content (AvgIpc) is 2.27. The number of hydrogen-bond donors (Lipinski definition) is 2. The Balaban J connectivity index is 2.98. The van der Waals surface area contributed by atoms with E-state index in [1.165, 1.54) is 21.0 Å². The van der Waals surface area contributed by atoms with E-state index in [0.29, 0.717) is 0 Å². The molecule has 0 fully saturated rings. The molecule has 0 unspecified atom stereocenters. The molecule has 0 saturated heterocycles. The Morgan fingerprint density at radius 1 is 1.26 bits per heavy atom. The first-order valence-corrected chi connectivity index (χ1v) is 6.92. The zero-order chi connectivity index (χ0) is 14.8. The number of benzene rings is 1. The van der Waals surface area contributed by atoms with Gasteiger partial charge in [0.25, 0.3) is 10.2 Å². The van der Waals surface area contributed by atoms with Crippen LogP contribution >= 0.6 is 0 Å². The fourth-order valence-corrected chi connectivity index (χ4v) is 2.26. The molecule has 1 aromatic rings. The average molecular weight is 294 g/mol. The molecule has 0 radical (unpaired) electrons. The summed E-state index contributed by atoms with van der Waals surface area (Å²) in [6, 6.07) is 2.07. The Labute approximate surface area is 111 Å². The summed E-state index contributed by atoms with van der Waals surface area (Å²) in [5.41, 5.74) is -0.559. The number of nitrogens with zero attached hydrogens (tertiary/aromatic N) is 1. The molecule has 0 heterocycles. The monoisotopic (exact) mass is 294 g/mol.